The first-order valence-electron chi connectivity index (χ1n) is 7.08. The molecule has 1 heterocycles. The highest BCUT2D eigenvalue weighted by Gasteiger charge is 2.47. The fraction of sp³-hybridized carbons (Fsp3) is 0.562. The molecule has 3 nitrogen and oxygen atoms in total. The number of benzene rings is 1. The first-order chi connectivity index (χ1) is 9.23. The Kier molecular flexibility index (Phi) is 3.30. The quantitative estimate of drug-likeness (QED) is 0.903. The van der Waals surface area contributed by atoms with Gasteiger partial charge in [-0.05, 0) is 31.7 Å². The molecule has 1 aliphatic heterocycles. The van der Waals surface area contributed by atoms with Gasteiger partial charge in [0.05, 0.1) is 17.6 Å². The highest BCUT2D eigenvalue weighted by Crippen LogP contribution is 2.43. The highest BCUT2D eigenvalue weighted by molar-refractivity contribution is 5.36. The minimum absolute atomic E-state index is 0.276. The molecular weight excluding hydrogens is 236 g/mol. The van der Waals surface area contributed by atoms with Gasteiger partial charge in [-0.2, -0.15) is 5.26 Å². The maximum Gasteiger partial charge on any atom is 0.0852 e. The fourth-order valence-electron chi connectivity index (χ4n) is 3.30. The number of nitrogens with one attached hydrogen (secondary N) is 1. The lowest BCUT2D eigenvalue weighted by Crippen LogP contribution is -2.54. The summed E-state index contributed by atoms with van der Waals surface area (Å²) in [6, 6.07) is 13.6. The van der Waals surface area contributed by atoms with Crippen molar-refractivity contribution in [2.24, 2.45) is 0 Å². The summed E-state index contributed by atoms with van der Waals surface area (Å²) >= 11 is 0. The van der Waals surface area contributed by atoms with Crippen LogP contribution in [0.4, 0.5) is 0 Å². The molecular formula is C16H20N2O. The van der Waals surface area contributed by atoms with Crippen molar-refractivity contribution in [3.63, 3.8) is 0 Å². The normalized spacial score (nSPS) is 37.6. The summed E-state index contributed by atoms with van der Waals surface area (Å²) in [4.78, 5) is 0. The molecule has 3 heteroatoms. The van der Waals surface area contributed by atoms with Crippen molar-refractivity contribution in [3.05, 3.63) is 35.9 Å². The molecule has 0 aromatic heterocycles. The lowest BCUT2D eigenvalue weighted by atomic mass is 9.62. The van der Waals surface area contributed by atoms with E-state index >= 15 is 0 Å². The topological polar surface area (TPSA) is 45.0 Å². The second-order valence-electron chi connectivity index (χ2n) is 5.80. The van der Waals surface area contributed by atoms with Crippen LogP contribution in [-0.2, 0) is 10.2 Å². The van der Waals surface area contributed by atoms with Gasteiger partial charge >= 0.3 is 0 Å². The third-order valence-corrected chi connectivity index (χ3v) is 4.56. The van der Waals surface area contributed by atoms with Crippen molar-refractivity contribution in [1.82, 2.24) is 5.32 Å². The van der Waals surface area contributed by atoms with Crippen LogP contribution in [0.15, 0.2) is 30.3 Å². The molecule has 1 aromatic rings. The molecule has 1 saturated heterocycles. The van der Waals surface area contributed by atoms with Crippen LogP contribution in [0.3, 0.4) is 0 Å². The molecule has 0 bridgehead atoms. The smallest absolute Gasteiger partial charge is 0.0852 e. The average molecular weight is 256 g/mol. The highest BCUT2D eigenvalue weighted by atomic mass is 16.5. The zero-order valence-corrected chi connectivity index (χ0v) is 11.3. The predicted molar refractivity (Wildman–Crippen MR) is 73.7 cm³/mol. The molecule has 1 aliphatic carbocycles. The zero-order chi connectivity index (χ0) is 13.3. The van der Waals surface area contributed by atoms with Crippen molar-refractivity contribution < 1.29 is 4.74 Å². The lowest BCUT2D eigenvalue weighted by molar-refractivity contribution is 0.102. The Hall–Kier alpha value is -1.37. The fourth-order valence-corrected chi connectivity index (χ4v) is 3.30. The molecule has 1 saturated carbocycles. The summed E-state index contributed by atoms with van der Waals surface area (Å²) in [5, 5.41) is 13.2. The summed E-state index contributed by atoms with van der Waals surface area (Å²) < 4.78 is 5.57. The second kappa shape index (κ2) is 4.96. The Morgan fingerprint density at radius 3 is 2.63 bits per heavy atom. The third-order valence-electron chi connectivity index (χ3n) is 4.56. The van der Waals surface area contributed by atoms with Gasteiger partial charge in [-0.3, -0.25) is 0 Å². The predicted octanol–water partition coefficient (Wildman–Crippen LogP) is 2.38. The molecule has 2 fully saturated rings. The summed E-state index contributed by atoms with van der Waals surface area (Å²) in [7, 11) is 0. The molecule has 1 N–H and O–H groups in total. The average Bonchev–Trinajstić information content (AvgIpc) is 2.80. The van der Waals surface area contributed by atoms with E-state index in [2.05, 4.69) is 30.4 Å². The Morgan fingerprint density at radius 1 is 1.32 bits per heavy atom. The van der Waals surface area contributed by atoms with Gasteiger partial charge in [-0.25, -0.2) is 0 Å². The minimum atomic E-state index is -0.276. The van der Waals surface area contributed by atoms with E-state index in [0.29, 0.717) is 18.2 Å². The van der Waals surface area contributed by atoms with Crippen LogP contribution in [0.1, 0.15) is 31.7 Å². The van der Waals surface area contributed by atoms with Gasteiger partial charge in [0.15, 0.2) is 0 Å². The monoisotopic (exact) mass is 256 g/mol. The molecule has 2 atom stereocenters. The van der Waals surface area contributed by atoms with Gasteiger partial charge in [-0.1, -0.05) is 30.3 Å². The molecule has 1 aromatic carbocycles. The van der Waals surface area contributed by atoms with E-state index in [4.69, 9.17) is 4.74 Å². The maximum absolute atomic E-state index is 9.52. The Bertz CT molecular complexity index is 473. The van der Waals surface area contributed by atoms with Gasteiger partial charge in [0, 0.05) is 18.7 Å². The van der Waals surface area contributed by atoms with E-state index in [0.717, 1.165) is 31.4 Å². The first kappa shape index (κ1) is 12.7. The van der Waals surface area contributed by atoms with Gasteiger partial charge in [0.1, 0.15) is 0 Å². The lowest BCUT2D eigenvalue weighted by Gasteiger charge is -2.44. The van der Waals surface area contributed by atoms with Crippen LogP contribution in [0.5, 0.6) is 0 Å². The van der Waals surface area contributed by atoms with Crippen LogP contribution in [0.2, 0.25) is 0 Å². The largest absolute Gasteiger partial charge is 0.377 e. The zero-order valence-electron chi connectivity index (χ0n) is 11.3. The van der Waals surface area contributed by atoms with E-state index in [1.165, 1.54) is 0 Å². The molecule has 100 valence electrons. The van der Waals surface area contributed by atoms with Crippen LogP contribution in [0, 0.1) is 11.3 Å². The van der Waals surface area contributed by atoms with Gasteiger partial charge < -0.3 is 10.1 Å². The number of hydrogen-bond acceptors (Lipinski definition) is 3. The molecule has 3 rings (SSSR count). The molecule has 0 amide bonds. The van der Waals surface area contributed by atoms with Gasteiger partial charge in [0.25, 0.3) is 0 Å². The number of rotatable bonds is 3. The van der Waals surface area contributed by atoms with Crippen molar-refractivity contribution in [1.29, 1.82) is 5.26 Å². The van der Waals surface area contributed by atoms with E-state index in [1.54, 1.807) is 0 Å². The summed E-state index contributed by atoms with van der Waals surface area (Å²) in [5.74, 6) is 0. The SMILES string of the molecule is CC1OCCC1NC1CC(C#N)(c2ccccc2)C1. The standard InChI is InChI=1S/C16H20N2O/c1-12-15(7-8-19-12)18-14-9-16(10-14,11-17)13-5-3-2-4-6-13/h2-6,12,14-15,18H,7-10H2,1H3. The maximum atomic E-state index is 9.52. The molecule has 0 radical (unpaired) electrons. The van der Waals surface area contributed by atoms with E-state index < -0.39 is 0 Å². The molecule has 2 aliphatic rings. The van der Waals surface area contributed by atoms with Gasteiger partial charge in [0.2, 0.25) is 0 Å². The number of ether oxygens (including phenoxy) is 1. The Balaban J connectivity index is 1.63. The van der Waals surface area contributed by atoms with Crippen LogP contribution in [-0.4, -0.2) is 24.8 Å². The van der Waals surface area contributed by atoms with Crippen molar-refractivity contribution in [2.45, 2.75) is 49.8 Å². The second-order valence-corrected chi connectivity index (χ2v) is 5.80. The van der Waals surface area contributed by atoms with E-state index in [9.17, 15) is 5.26 Å². The van der Waals surface area contributed by atoms with Crippen LogP contribution >= 0.6 is 0 Å². The summed E-state index contributed by atoms with van der Waals surface area (Å²) in [6.45, 7) is 2.98. The summed E-state index contributed by atoms with van der Waals surface area (Å²) in [6.07, 6.45) is 3.21. The Morgan fingerprint density at radius 2 is 2.05 bits per heavy atom. The van der Waals surface area contributed by atoms with Crippen molar-refractivity contribution in [3.8, 4) is 6.07 Å². The molecule has 0 spiro atoms. The summed E-state index contributed by atoms with van der Waals surface area (Å²) in [5.41, 5.74) is 0.882. The Labute approximate surface area is 114 Å². The van der Waals surface area contributed by atoms with Gasteiger partial charge in [-0.15, -0.1) is 0 Å². The third kappa shape index (κ3) is 2.27. The molecule has 2 unspecified atom stereocenters. The van der Waals surface area contributed by atoms with Crippen molar-refractivity contribution in [2.75, 3.05) is 6.61 Å². The number of nitriles is 1. The van der Waals surface area contributed by atoms with E-state index in [-0.39, 0.29) is 5.41 Å². The number of nitrogens with zero attached hydrogens (tertiary/aromatic N) is 1. The van der Waals surface area contributed by atoms with Crippen molar-refractivity contribution >= 4 is 0 Å². The number of hydrogen-bond donors (Lipinski definition) is 1. The first-order valence-corrected chi connectivity index (χ1v) is 7.08. The van der Waals surface area contributed by atoms with E-state index in [1.807, 2.05) is 18.2 Å². The van der Waals surface area contributed by atoms with Crippen LogP contribution in [0.25, 0.3) is 0 Å². The van der Waals surface area contributed by atoms with Crippen LogP contribution < -0.4 is 5.32 Å². The molecule has 19 heavy (non-hydrogen) atoms. The minimum Gasteiger partial charge on any atom is -0.377 e.